The smallest absolute Gasteiger partial charge is 0.321 e. The summed E-state index contributed by atoms with van der Waals surface area (Å²) in [6.07, 6.45) is 5.58. The molecule has 0 atom stereocenters. The molecule has 0 spiro atoms. The van der Waals surface area contributed by atoms with Gasteiger partial charge in [0.05, 0.1) is 5.69 Å². The third-order valence-corrected chi connectivity index (χ3v) is 5.35. The summed E-state index contributed by atoms with van der Waals surface area (Å²) >= 11 is 0. The van der Waals surface area contributed by atoms with Gasteiger partial charge < -0.3 is 25.8 Å². The van der Waals surface area contributed by atoms with Crippen molar-refractivity contribution in [3.63, 3.8) is 0 Å². The van der Waals surface area contributed by atoms with Crippen molar-refractivity contribution >= 4 is 17.4 Å². The van der Waals surface area contributed by atoms with Gasteiger partial charge in [0.25, 0.3) is 0 Å². The molecule has 0 aliphatic heterocycles. The van der Waals surface area contributed by atoms with Crippen molar-refractivity contribution in [2.24, 2.45) is 0 Å². The van der Waals surface area contributed by atoms with E-state index in [1.165, 1.54) is 12.5 Å². The summed E-state index contributed by atoms with van der Waals surface area (Å²) in [4.78, 5) is 14.4. The van der Waals surface area contributed by atoms with Gasteiger partial charge in [-0.2, -0.15) is 0 Å². The van der Waals surface area contributed by atoms with Gasteiger partial charge in [0.2, 0.25) is 0 Å². The predicted octanol–water partition coefficient (Wildman–Crippen LogP) is 5.18. The van der Waals surface area contributed by atoms with Gasteiger partial charge in [0.1, 0.15) is 17.2 Å². The molecule has 0 heterocycles. The molecule has 4 N–H and O–H groups in total. The van der Waals surface area contributed by atoms with Crippen LogP contribution in [0, 0.1) is 13.8 Å². The fourth-order valence-corrected chi connectivity index (χ4v) is 3.78. The lowest BCUT2D eigenvalue weighted by Crippen LogP contribution is -2.40. The highest BCUT2D eigenvalue weighted by Crippen LogP contribution is 2.35. The molecular formula is C22H29N3O3. The molecule has 0 saturated heterocycles. The van der Waals surface area contributed by atoms with E-state index in [9.17, 15) is 9.90 Å². The Morgan fingerprint density at radius 2 is 1.79 bits per heavy atom. The zero-order valence-corrected chi connectivity index (χ0v) is 16.8. The van der Waals surface area contributed by atoms with Gasteiger partial charge in [0.15, 0.2) is 0 Å². The molecule has 6 heteroatoms. The van der Waals surface area contributed by atoms with Crippen molar-refractivity contribution in [2.75, 3.05) is 18.1 Å². The number of amides is 2. The number of phenols is 1. The summed E-state index contributed by atoms with van der Waals surface area (Å²) in [6.45, 7) is 3.86. The normalized spacial score (nSPS) is 14.5. The van der Waals surface area contributed by atoms with Crippen LogP contribution < -0.4 is 15.8 Å². The molecule has 1 aliphatic rings. The third-order valence-electron chi connectivity index (χ3n) is 5.35. The number of aromatic hydroxyl groups is 1. The van der Waals surface area contributed by atoms with Gasteiger partial charge >= 0.3 is 6.03 Å². The lowest BCUT2D eigenvalue weighted by molar-refractivity contribution is 0.186. The molecule has 150 valence electrons. The van der Waals surface area contributed by atoms with E-state index < -0.39 is 0 Å². The van der Waals surface area contributed by atoms with Crippen LogP contribution in [-0.4, -0.2) is 29.1 Å². The molecule has 0 unspecified atom stereocenters. The van der Waals surface area contributed by atoms with Crippen LogP contribution in [-0.2, 0) is 0 Å². The Morgan fingerprint density at radius 1 is 1.14 bits per heavy atom. The lowest BCUT2D eigenvalue weighted by atomic mass is 9.95. The summed E-state index contributed by atoms with van der Waals surface area (Å²) in [5.74, 6) is 1.25. The highest BCUT2D eigenvalue weighted by molar-refractivity contribution is 5.91. The number of nitrogens with zero attached hydrogens (tertiary/aromatic N) is 1. The van der Waals surface area contributed by atoms with Gasteiger partial charge in [-0.15, -0.1) is 0 Å². The van der Waals surface area contributed by atoms with Crippen LogP contribution in [0.5, 0.6) is 17.2 Å². The number of nitrogens with two attached hydrogens (primary N) is 1. The molecule has 3 rings (SSSR count). The minimum absolute atomic E-state index is 0.00324. The second-order valence-corrected chi connectivity index (χ2v) is 7.60. The van der Waals surface area contributed by atoms with E-state index in [1.807, 2.05) is 33.0 Å². The fraction of sp³-hybridized carbons (Fsp3) is 0.409. The molecular weight excluding hydrogens is 354 g/mol. The van der Waals surface area contributed by atoms with Crippen LogP contribution in [0.1, 0.15) is 43.2 Å². The topological polar surface area (TPSA) is 87.8 Å². The van der Waals surface area contributed by atoms with Crippen LogP contribution >= 0.6 is 0 Å². The number of carbonyl (C=O) groups is 1. The Kier molecular flexibility index (Phi) is 5.97. The summed E-state index contributed by atoms with van der Waals surface area (Å²) in [6, 6.07) is 8.56. The van der Waals surface area contributed by atoms with Crippen LogP contribution in [0.15, 0.2) is 30.3 Å². The maximum atomic E-state index is 12.6. The fourth-order valence-electron chi connectivity index (χ4n) is 3.78. The molecule has 0 bridgehead atoms. The first-order chi connectivity index (χ1) is 13.3. The number of benzene rings is 2. The number of hydrogen-bond acceptors (Lipinski definition) is 4. The molecule has 2 aromatic rings. The van der Waals surface area contributed by atoms with Gasteiger partial charge in [0, 0.05) is 24.8 Å². The van der Waals surface area contributed by atoms with Gasteiger partial charge in [-0.05, 0) is 62.1 Å². The van der Waals surface area contributed by atoms with E-state index in [0.717, 1.165) is 42.6 Å². The molecule has 6 nitrogen and oxygen atoms in total. The van der Waals surface area contributed by atoms with Crippen LogP contribution in [0.3, 0.4) is 0 Å². The van der Waals surface area contributed by atoms with Crippen molar-refractivity contribution < 1.29 is 14.6 Å². The number of rotatable bonds is 4. The second-order valence-electron chi connectivity index (χ2n) is 7.60. The number of ether oxygens (including phenoxy) is 1. The predicted molar refractivity (Wildman–Crippen MR) is 112 cm³/mol. The second kappa shape index (κ2) is 8.42. The van der Waals surface area contributed by atoms with Crippen molar-refractivity contribution in [3.05, 3.63) is 41.5 Å². The number of nitrogen functional groups attached to an aromatic ring is 1. The first-order valence-corrected chi connectivity index (χ1v) is 9.76. The maximum Gasteiger partial charge on any atom is 0.321 e. The van der Waals surface area contributed by atoms with Crippen molar-refractivity contribution in [3.8, 4) is 17.2 Å². The summed E-state index contributed by atoms with van der Waals surface area (Å²) in [5.41, 5.74) is 8.73. The Bertz CT molecular complexity index is 837. The minimum atomic E-state index is -0.223. The van der Waals surface area contributed by atoms with E-state index in [4.69, 9.17) is 10.5 Å². The lowest BCUT2D eigenvalue weighted by Gasteiger charge is -2.31. The van der Waals surface area contributed by atoms with E-state index in [-0.39, 0.29) is 17.8 Å². The molecule has 2 amide bonds. The van der Waals surface area contributed by atoms with Gasteiger partial charge in [-0.25, -0.2) is 4.79 Å². The monoisotopic (exact) mass is 383 g/mol. The first-order valence-electron chi connectivity index (χ1n) is 9.76. The largest absolute Gasteiger partial charge is 0.506 e. The number of hydrogen-bond donors (Lipinski definition) is 3. The highest BCUT2D eigenvalue weighted by atomic mass is 16.5. The first kappa shape index (κ1) is 19.9. The van der Waals surface area contributed by atoms with Crippen molar-refractivity contribution in [1.82, 2.24) is 4.90 Å². The third kappa shape index (κ3) is 4.50. The molecule has 0 aromatic heterocycles. The van der Waals surface area contributed by atoms with Crippen molar-refractivity contribution in [2.45, 2.75) is 52.0 Å². The SMILES string of the molecule is Cc1cc(N)cc(C)c1Oc1ccc(O)c(NC(=O)N(C)C2CCCCC2)c1. The molecule has 1 fully saturated rings. The standard InChI is InChI=1S/C22H29N3O3/c1-14-11-16(23)12-15(2)21(14)28-18-9-10-20(26)19(13-18)24-22(27)25(3)17-7-5-4-6-8-17/h9-13,17,26H,4-8,23H2,1-3H3,(H,24,27). The average molecular weight is 383 g/mol. The number of urea groups is 1. The maximum absolute atomic E-state index is 12.6. The van der Waals surface area contributed by atoms with Gasteiger partial charge in [-0.1, -0.05) is 19.3 Å². The van der Waals surface area contributed by atoms with Crippen LogP contribution in [0.25, 0.3) is 0 Å². The summed E-state index contributed by atoms with van der Waals surface area (Å²) in [5, 5.41) is 13.0. The van der Waals surface area contributed by atoms with E-state index >= 15 is 0 Å². The minimum Gasteiger partial charge on any atom is -0.506 e. The number of aryl methyl sites for hydroxylation is 2. The number of carbonyl (C=O) groups excluding carboxylic acids is 1. The molecule has 1 saturated carbocycles. The molecule has 1 aliphatic carbocycles. The van der Waals surface area contributed by atoms with E-state index in [0.29, 0.717) is 17.1 Å². The van der Waals surface area contributed by atoms with E-state index in [1.54, 1.807) is 17.0 Å². The zero-order valence-electron chi connectivity index (χ0n) is 16.8. The van der Waals surface area contributed by atoms with Gasteiger partial charge in [-0.3, -0.25) is 0 Å². The quantitative estimate of drug-likeness (QED) is 0.501. The average Bonchev–Trinajstić information content (AvgIpc) is 2.67. The van der Waals surface area contributed by atoms with Crippen LogP contribution in [0.4, 0.5) is 16.2 Å². The summed E-state index contributed by atoms with van der Waals surface area (Å²) in [7, 11) is 1.81. The number of nitrogens with one attached hydrogen (secondary N) is 1. The van der Waals surface area contributed by atoms with E-state index in [2.05, 4.69) is 5.32 Å². The Balaban J connectivity index is 1.75. The molecule has 28 heavy (non-hydrogen) atoms. The number of anilines is 2. The van der Waals surface area contributed by atoms with Crippen molar-refractivity contribution in [1.29, 1.82) is 0 Å². The molecule has 0 radical (unpaired) electrons. The van der Waals surface area contributed by atoms with Crippen LogP contribution in [0.2, 0.25) is 0 Å². The summed E-state index contributed by atoms with van der Waals surface area (Å²) < 4.78 is 6.02. The Labute approximate surface area is 166 Å². The highest BCUT2D eigenvalue weighted by Gasteiger charge is 2.22. The molecule has 2 aromatic carbocycles. The Hall–Kier alpha value is -2.89. The zero-order chi connectivity index (χ0) is 20.3. The number of phenolic OH excluding ortho intramolecular Hbond substituents is 1. The Morgan fingerprint density at radius 3 is 2.43 bits per heavy atom.